The monoisotopic (exact) mass is 261 g/mol. The summed E-state index contributed by atoms with van der Waals surface area (Å²) in [5.41, 5.74) is 5.78. The Morgan fingerprint density at radius 3 is 2.53 bits per heavy atom. The normalized spacial score (nSPS) is 28.8. The zero-order valence-electron chi connectivity index (χ0n) is 10.7. The molecule has 1 aliphatic carbocycles. The Hall–Kier alpha value is -0.170. The molecule has 100 valence electrons. The summed E-state index contributed by atoms with van der Waals surface area (Å²) in [5, 5.41) is -0.230. The molecule has 6 heteroatoms. The summed E-state index contributed by atoms with van der Waals surface area (Å²) >= 11 is 0. The number of sulfonamides is 1. The summed E-state index contributed by atoms with van der Waals surface area (Å²) in [6, 6.07) is 0. The van der Waals surface area contributed by atoms with E-state index in [-0.39, 0.29) is 10.7 Å². The van der Waals surface area contributed by atoms with E-state index in [1.165, 1.54) is 4.31 Å². The highest BCUT2D eigenvalue weighted by Crippen LogP contribution is 2.45. The molecule has 0 amide bonds. The molecule has 2 aliphatic rings. The van der Waals surface area contributed by atoms with Crippen LogP contribution < -0.4 is 5.73 Å². The molecule has 1 aliphatic heterocycles. The average molecular weight is 261 g/mol. The van der Waals surface area contributed by atoms with Crippen LogP contribution in [0.5, 0.6) is 0 Å². The second-order valence-electron chi connectivity index (χ2n) is 5.68. The SMILES string of the molecule is CN1CCC(S(=O)(=O)N(C)CC2(CN)CC2)C1. The quantitative estimate of drug-likeness (QED) is 0.737. The molecule has 0 aromatic carbocycles. The lowest BCUT2D eigenvalue weighted by molar-refractivity contribution is 0.364. The molecule has 0 spiro atoms. The van der Waals surface area contributed by atoms with Gasteiger partial charge in [-0.2, -0.15) is 0 Å². The fraction of sp³-hybridized carbons (Fsp3) is 1.00. The lowest BCUT2D eigenvalue weighted by Gasteiger charge is -2.25. The number of likely N-dealkylation sites (tertiary alicyclic amines) is 1. The van der Waals surface area contributed by atoms with Crippen molar-refractivity contribution in [3.63, 3.8) is 0 Å². The van der Waals surface area contributed by atoms with Crippen LogP contribution in [-0.2, 0) is 10.0 Å². The molecule has 0 aromatic heterocycles. The van der Waals surface area contributed by atoms with Crippen molar-refractivity contribution < 1.29 is 8.42 Å². The number of rotatable bonds is 5. The van der Waals surface area contributed by atoms with Crippen molar-refractivity contribution in [3.05, 3.63) is 0 Å². The van der Waals surface area contributed by atoms with Gasteiger partial charge in [0.2, 0.25) is 10.0 Å². The van der Waals surface area contributed by atoms with Crippen LogP contribution in [-0.4, -0.2) is 63.1 Å². The third-order valence-electron chi connectivity index (χ3n) is 4.15. The Bertz CT molecular complexity index is 378. The molecule has 1 heterocycles. The minimum atomic E-state index is -3.14. The fourth-order valence-electron chi connectivity index (χ4n) is 2.56. The van der Waals surface area contributed by atoms with Gasteiger partial charge in [0.25, 0.3) is 0 Å². The lowest BCUT2D eigenvalue weighted by Crippen LogP contribution is -2.41. The highest BCUT2D eigenvalue weighted by molar-refractivity contribution is 7.89. The van der Waals surface area contributed by atoms with Gasteiger partial charge in [-0.25, -0.2) is 12.7 Å². The highest BCUT2D eigenvalue weighted by atomic mass is 32.2. The predicted octanol–water partition coefficient (Wildman–Crippen LogP) is -0.309. The van der Waals surface area contributed by atoms with Crippen LogP contribution in [0.25, 0.3) is 0 Å². The van der Waals surface area contributed by atoms with E-state index in [0.717, 1.165) is 25.8 Å². The van der Waals surface area contributed by atoms with E-state index in [1.807, 2.05) is 7.05 Å². The van der Waals surface area contributed by atoms with Crippen LogP contribution in [0.4, 0.5) is 0 Å². The van der Waals surface area contributed by atoms with Crippen LogP contribution >= 0.6 is 0 Å². The average Bonchev–Trinajstić information content (AvgIpc) is 2.91. The maximum atomic E-state index is 12.4. The van der Waals surface area contributed by atoms with Crippen LogP contribution in [0.3, 0.4) is 0 Å². The Balaban J connectivity index is 2.00. The standard InChI is InChI=1S/C11H23N3O2S/c1-13-6-3-10(7-13)17(15,16)14(2)9-11(8-12)4-5-11/h10H,3-9,12H2,1-2H3. The molecule has 1 atom stereocenters. The van der Waals surface area contributed by atoms with Gasteiger partial charge >= 0.3 is 0 Å². The van der Waals surface area contributed by atoms with Crippen LogP contribution in [0.15, 0.2) is 0 Å². The van der Waals surface area contributed by atoms with Gasteiger partial charge in [0.15, 0.2) is 0 Å². The molecule has 1 saturated heterocycles. The van der Waals surface area contributed by atoms with E-state index in [4.69, 9.17) is 5.73 Å². The zero-order valence-corrected chi connectivity index (χ0v) is 11.5. The van der Waals surface area contributed by atoms with Gasteiger partial charge in [-0.15, -0.1) is 0 Å². The molecule has 2 fully saturated rings. The minimum absolute atomic E-state index is 0.0757. The van der Waals surface area contributed by atoms with Crippen molar-refractivity contribution in [2.24, 2.45) is 11.1 Å². The summed E-state index contributed by atoms with van der Waals surface area (Å²) in [5.74, 6) is 0. The van der Waals surface area contributed by atoms with Gasteiger partial charge in [0, 0.05) is 20.1 Å². The van der Waals surface area contributed by atoms with Crippen molar-refractivity contribution in [2.45, 2.75) is 24.5 Å². The van der Waals surface area contributed by atoms with Crippen LogP contribution in [0.1, 0.15) is 19.3 Å². The first-order valence-corrected chi connectivity index (χ1v) is 7.74. The summed E-state index contributed by atoms with van der Waals surface area (Å²) in [7, 11) is 0.529. The molecule has 2 N–H and O–H groups in total. The molecule has 17 heavy (non-hydrogen) atoms. The largest absolute Gasteiger partial charge is 0.330 e. The zero-order chi connectivity index (χ0) is 12.7. The van der Waals surface area contributed by atoms with Crippen molar-refractivity contribution >= 4 is 10.0 Å². The Morgan fingerprint density at radius 2 is 2.12 bits per heavy atom. The lowest BCUT2D eigenvalue weighted by atomic mass is 10.1. The Kier molecular flexibility index (Phi) is 3.51. The summed E-state index contributed by atoms with van der Waals surface area (Å²) < 4.78 is 26.3. The van der Waals surface area contributed by atoms with E-state index in [1.54, 1.807) is 7.05 Å². The van der Waals surface area contributed by atoms with E-state index < -0.39 is 10.0 Å². The number of nitrogens with zero attached hydrogens (tertiary/aromatic N) is 2. The van der Waals surface area contributed by atoms with Gasteiger partial charge < -0.3 is 10.6 Å². The maximum Gasteiger partial charge on any atom is 0.218 e. The van der Waals surface area contributed by atoms with E-state index >= 15 is 0 Å². The van der Waals surface area contributed by atoms with Crippen molar-refractivity contribution in [2.75, 3.05) is 40.3 Å². The summed E-state index contributed by atoms with van der Waals surface area (Å²) in [6.45, 7) is 2.71. The molecular formula is C11H23N3O2S. The smallest absolute Gasteiger partial charge is 0.218 e. The molecule has 0 aromatic rings. The van der Waals surface area contributed by atoms with Crippen molar-refractivity contribution in [1.29, 1.82) is 0 Å². The third kappa shape index (κ3) is 2.65. The Morgan fingerprint density at radius 1 is 1.47 bits per heavy atom. The van der Waals surface area contributed by atoms with Gasteiger partial charge in [0.05, 0.1) is 5.25 Å². The molecule has 2 rings (SSSR count). The highest BCUT2D eigenvalue weighted by Gasteiger charge is 2.45. The van der Waals surface area contributed by atoms with Gasteiger partial charge in [-0.05, 0) is 44.8 Å². The molecule has 5 nitrogen and oxygen atoms in total. The number of nitrogens with two attached hydrogens (primary N) is 1. The van der Waals surface area contributed by atoms with Crippen LogP contribution in [0.2, 0.25) is 0 Å². The summed E-state index contributed by atoms with van der Waals surface area (Å²) in [6.07, 6.45) is 2.88. The van der Waals surface area contributed by atoms with Crippen molar-refractivity contribution in [3.8, 4) is 0 Å². The maximum absolute atomic E-state index is 12.4. The molecule has 1 saturated carbocycles. The van der Waals surface area contributed by atoms with E-state index in [9.17, 15) is 8.42 Å². The molecule has 1 unspecified atom stereocenters. The van der Waals surface area contributed by atoms with Crippen LogP contribution in [0, 0.1) is 5.41 Å². The van der Waals surface area contributed by atoms with E-state index in [2.05, 4.69) is 4.90 Å². The molecule has 0 radical (unpaired) electrons. The first kappa shape index (κ1) is 13.3. The molecular weight excluding hydrogens is 238 g/mol. The minimum Gasteiger partial charge on any atom is -0.330 e. The number of hydrogen-bond acceptors (Lipinski definition) is 4. The van der Waals surface area contributed by atoms with Gasteiger partial charge in [-0.3, -0.25) is 0 Å². The predicted molar refractivity (Wildman–Crippen MR) is 68.2 cm³/mol. The first-order chi connectivity index (χ1) is 7.89. The van der Waals surface area contributed by atoms with E-state index in [0.29, 0.717) is 19.6 Å². The first-order valence-electron chi connectivity index (χ1n) is 6.23. The van der Waals surface area contributed by atoms with Gasteiger partial charge in [0.1, 0.15) is 0 Å². The van der Waals surface area contributed by atoms with Crippen molar-refractivity contribution in [1.82, 2.24) is 9.21 Å². The third-order valence-corrected chi connectivity index (χ3v) is 6.38. The topological polar surface area (TPSA) is 66.6 Å². The molecule has 0 bridgehead atoms. The van der Waals surface area contributed by atoms with Gasteiger partial charge in [-0.1, -0.05) is 0 Å². The fourth-order valence-corrected chi connectivity index (χ4v) is 4.37. The second kappa shape index (κ2) is 4.50. The number of hydrogen-bond donors (Lipinski definition) is 1. The Labute approximate surface area is 104 Å². The second-order valence-corrected chi connectivity index (χ2v) is 8.00. The summed E-state index contributed by atoms with van der Waals surface area (Å²) in [4.78, 5) is 2.08.